The molecule has 132 valence electrons. The van der Waals surface area contributed by atoms with Gasteiger partial charge in [-0.2, -0.15) is 0 Å². The first-order valence-corrected chi connectivity index (χ1v) is 9.87. The maximum absolute atomic E-state index is 6.08. The average Bonchev–Trinajstić information content (AvgIpc) is 2.65. The van der Waals surface area contributed by atoms with Crippen molar-refractivity contribution < 1.29 is 0 Å². The number of hydrogen-bond donors (Lipinski definition) is 0. The number of aromatic nitrogens is 2. The first-order chi connectivity index (χ1) is 12.2. The van der Waals surface area contributed by atoms with Crippen molar-refractivity contribution in [2.24, 2.45) is 5.92 Å². The molecule has 0 bridgehead atoms. The van der Waals surface area contributed by atoms with Crippen LogP contribution < -0.4 is 0 Å². The number of halogens is 2. The van der Waals surface area contributed by atoms with Crippen molar-refractivity contribution >= 4 is 23.2 Å². The van der Waals surface area contributed by atoms with Crippen molar-refractivity contribution in [3.05, 3.63) is 58.4 Å². The zero-order chi connectivity index (χ0) is 17.6. The van der Waals surface area contributed by atoms with Gasteiger partial charge in [0.05, 0.1) is 10.0 Å². The minimum Gasteiger partial charge on any atom is -0.236 e. The molecule has 0 saturated heterocycles. The van der Waals surface area contributed by atoms with Gasteiger partial charge in [0.1, 0.15) is 0 Å². The van der Waals surface area contributed by atoms with E-state index in [0.717, 1.165) is 11.5 Å². The van der Waals surface area contributed by atoms with Gasteiger partial charge >= 0.3 is 0 Å². The number of allylic oxidation sites excluding steroid dienone is 2. The Balaban J connectivity index is 1.62. The highest BCUT2D eigenvalue weighted by molar-refractivity contribution is 6.42. The molecule has 0 N–H and O–H groups in total. The fraction of sp³-hybridized carbons (Fsp3) is 0.429. The van der Waals surface area contributed by atoms with E-state index >= 15 is 0 Å². The molecule has 1 aromatic carbocycles. The molecular formula is C21H24Cl2N2. The monoisotopic (exact) mass is 374 g/mol. The van der Waals surface area contributed by atoms with Crippen molar-refractivity contribution in [3.8, 4) is 11.4 Å². The highest BCUT2D eigenvalue weighted by Crippen LogP contribution is 2.36. The summed E-state index contributed by atoms with van der Waals surface area (Å²) in [4.78, 5) is 9.10. The molecule has 1 aromatic heterocycles. The topological polar surface area (TPSA) is 25.8 Å². The predicted octanol–water partition coefficient (Wildman–Crippen LogP) is 7.08. The summed E-state index contributed by atoms with van der Waals surface area (Å²) in [5, 5.41) is 1.08. The van der Waals surface area contributed by atoms with Gasteiger partial charge in [0.2, 0.25) is 0 Å². The molecule has 0 unspecified atom stereocenters. The molecule has 2 aromatic rings. The van der Waals surface area contributed by atoms with Crippen LogP contribution >= 0.6 is 23.2 Å². The molecule has 0 aliphatic heterocycles. The molecule has 0 atom stereocenters. The van der Waals surface area contributed by atoms with E-state index in [1.165, 1.54) is 44.1 Å². The second-order valence-corrected chi connectivity index (χ2v) is 7.61. The normalized spacial score (nSPS) is 20.9. The van der Waals surface area contributed by atoms with Gasteiger partial charge in [0.15, 0.2) is 5.82 Å². The number of nitrogens with zero attached hydrogens (tertiary/aromatic N) is 2. The summed E-state index contributed by atoms with van der Waals surface area (Å²) in [6.45, 7) is 2.23. The van der Waals surface area contributed by atoms with Crippen LogP contribution in [0.5, 0.6) is 0 Å². The zero-order valence-electron chi connectivity index (χ0n) is 14.6. The highest BCUT2D eigenvalue weighted by Gasteiger charge is 2.21. The Bertz CT molecular complexity index is 717. The van der Waals surface area contributed by atoms with E-state index in [1.807, 2.05) is 24.5 Å². The lowest BCUT2D eigenvalue weighted by Crippen LogP contribution is -2.12. The number of benzene rings is 1. The summed E-state index contributed by atoms with van der Waals surface area (Å²) >= 11 is 12.1. The SMILES string of the molecule is CCC/C=C/[C@H]1CC[C@H](c2cnc(-c3ccc(Cl)c(Cl)c3)nc2)CC1. The Morgan fingerprint density at radius 2 is 1.76 bits per heavy atom. The second-order valence-electron chi connectivity index (χ2n) is 6.80. The molecule has 4 heteroatoms. The lowest BCUT2D eigenvalue weighted by atomic mass is 9.79. The van der Waals surface area contributed by atoms with Crippen LogP contribution in [0.3, 0.4) is 0 Å². The number of unbranched alkanes of at least 4 members (excludes halogenated alkanes) is 1. The quantitative estimate of drug-likeness (QED) is 0.522. The summed E-state index contributed by atoms with van der Waals surface area (Å²) < 4.78 is 0. The van der Waals surface area contributed by atoms with E-state index in [0.29, 0.717) is 21.8 Å². The number of rotatable bonds is 5. The average molecular weight is 375 g/mol. The van der Waals surface area contributed by atoms with Gasteiger partial charge < -0.3 is 0 Å². The molecular weight excluding hydrogens is 351 g/mol. The fourth-order valence-electron chi connectivity index (χ4n) is 3.43. The van der Waals surface area contributed by atoms with Gasteiger partial charge in [-0.25, -0.2) is 9.97 Å². The molecule has 1 aliphatic carbocycles. The minimum absolute atomic E-state index is 0.529. The summed E-state index contributed by atoms with van der Waals surface area (Å²) in [5.74, 6) is 2.02. The molecule has 0 amide bonds. The van der Waals surface area contributed by atoms with E-state index in [2.05, 4.69) is 29.0 Å². The Morgan fingerprint density at radius 1 is 1.04 bits per heavy atom. The van der Waals surface area contributed by atoms with Crippen molar-refractivity contribution in [3.63, 3.8) is 0 Å². The van der Waals surface area contributed by atoms with E-state index in [9.17, 15) is 0 Å². The Kier molecular flexibility index (Phi) is 6.50. The summed E-state index contributed by atoms with van der Waals surface area (Å²) in [5.41, 5.74) is 2.14. The lowest BCUT2D eigenvalue weighted by molar-refractivity contribution is 0.374. The van der Waals surface area contributed by atoms with Crippen molar-refractivity contribution in [1.82, 2.24) is 9.97 Å². The van der Waals surface area contributed by atoms with Crippen LogP contribution in [0.4, 0.5) is 0 Å². The first-order valence-electron chi connectivity index (χ1n) is 9.11. The third kappa shape index (κ3) is 4.83. The predicted molar refractivity (Wildman–Crippen MR) is 106 cm³/mol. The van der Waals surface area contributed by atoms with E-state index in [-0.39, 0.29) is 0 Å². The van der Waals surface area contributed by atoms with Crippen LogP contribution in [-0.4, -0.2) is 9.97 Å². The summed E-state index contributed by atoms with van der Waals surface area (Å²) in [7, 11) is 0. The second kappa shape index (κ2) is 8.82. The molecule has 1 saturated carbocycles. The zero-order valence-corrected chi connectivity index (χ0v) is 16.1. The lowest BCUT2D eigenvalue weighted by Gasteiger charge is -2.26. The third-order valence-electron chi connectivity index (χ3n) is 4.96. The molecule has 1 aliphatic rings. The maximum atomic E-state index is 6.08. The van der Waals surface area contributed by atoms with Crippen molar-refractivity contribution in [1.29, 1.82) is 0 Å². The Morgan fingerprint density at radius 3 is 2.40 bits per heavy atom. The molecule has 25 heavy (non-hydrogen) atoms. The maximum Gasteiger partial charge on any atom is 0.159 e. The molecule has 0 spiro atoms. The molecule has 2 nitrogen and oxygen atoms in total. The van der Waals surface area contributed by atoms with E-state index in [4.69, 9.17) is 23.2 Å². The van der Waals surface area contributed by atoms with Gasteiger partial charge in [-0.3, -0.25) is 0 Å². The third-order valence-corrected chi connectivity index (χ3v) is 5.70. The van der Waals surface area contributed by atoms with Crippen LogP contribution in [0.25, 0.3) is 11.4 Å². The van der Waals surface area contributed by atoms with Crippen LogP contribution in [0, 0.1) is 5.92 Å². The van der Waals surface area contributed by atoms with Gasteiger partial charge in [-0.15, -0.1) is 0 Å². The van der Waals surface area contributed by atoms with Crippen LogP contribution in [0.2, 0.25) is 10.0 Å². The molecule has 1 fully saturated rings. The van der Waals surface area contributed by atoms with Crippen LogP contribution in [0.1, 0.15) is 56.9 Å². The summed E-state index contributed by atoms with van der Waals surface area (Å²) in [6.07, 6.45) is 16.1. The smallest absolute Gasteiger partial charge is 0.159 e. The van der Waals surface area contributed by atoms with Gasteiger partial charge in [-0.05, 0) is 67.7 Å². The standard InChI is InChI=1S/C21H24Cl2N2/c1-2-3-4-5-15-6-8-16(9-7-15)18-13-24-21(25-14-18)17-10-11-19(22)20(23)12-17/h4-5,10-16H,2-3,6-9H2,1H3/b5-4+/t15-,16-. The van der Waals surface area contributed by atoms with Crippen LogP contribution in [0.15, 0.2) is 42.7 Å². The van der Waals surface area contributed by atoms with Crippen molar-refractivity contribution in [2.75, 3.05) is 0 Å². The van der Waals surface area contributed by atoms with E-state index in [1.54, 1.807) is 6.07 Å². The largest absolute Gasteiger partial charge is 0.236 e. The molecule has 0 radical (unpaired) electrons. The van der Waals surface area contributed by atoms with E-state index < -0.39 is 0 Å². The van der Waals surface area contributed by atoms with Crippen molar-refractivity contribution in [2.45, 2.75) is 51.4 Å². The van der Waals surface area contributed by atoms with Gasteiger partial charge in [0, 0.05) is 18.0 Å². The molecule has 1 heterocycles. The van der Waals surface area contributed by atoms with Crippen LogP contribution in [-0.2, 0) is 0 Å². The van der Waals surface area contributed by atoms with Gasteiger partial charge in [0.25, 0.3) is 0 Å². The number of hydrogen-bond acceptors (Lipinski definition) is 2. The highest BCUT2D eigenvalue weighted by atomic mass is 35.5. The first kappa shape index (κ1) is 18.4. The Labute approximate surface area is 160 Å². The summed E-state index contributed by atoms with van der Waals surface area (Å²) in [6, 6.07) is 5.49. The molecule has 3 rings (SSSR count). The van der Waals surface area contributed by atoms with Gasteiger partial charge in [-0.1, -0.05) is 48.7 Å². The fourth-order valence-corrected chi connectivity index (χ4v) is 3.73. The minimum atomic E-state index is 0.529. The Hall–Kier alpha value is -1.38.